The molecule has 9 heteroatoms. The van der Waals surface area contributed by atoms with Crippen LogP contribution in [-0.2, 0) is 16.6 Å². The van der Waals surface area contributed by atoms with E-state index in [-0.39, 0.29) is 16.8 Å². The summed E-state index contributed by atoms with van der Waals surface area (Å²) in [5.41, 5.74) is 5.36. The molecule has 0 radical (unpaired) electrons. The number of amides is 1. The first-order chi connectivity index (χ1) is 20.1. The predicted molar refractivity (Wildman–Crippen MR) is 167 cm³/mol. The van der Waals surface area contributed by atoms with E-state index in [0.29, 0.717) is 24.7 Å². The summed E-state index contributed by atoms with van der Waals surface area (Å²) in [6, 6.07) is 23.4. The molecule has 4 rings (SSSR count). The summed E-state index contributed by atoms with van der Waals surface area (Å²) in [6.45, 7) is 9.26. The lowest BCUT2D eigenvalue weighted by Crippen LogP contribution is -2.48. The van der Waals surface area contributed by atoms with Crippen LogP contribution >= 0.6 is 0 Å². The van der Waals surface area contributed by atoms with E-state index < -0.39 is 10.0 Å². The highest BCUT2D eigenvalue weighted by Crippen LogP contribution is 2.28. The molecular weight excluding hydrogens is 546 g/mol. The SMILES string of the molecule is CNS(=O)(=O)c1ccc(N(Cc2cccc(C#N)c2)C2CCN(C(C)CCNC(=O)c3c(C)cccc3C)CC2)cc1. The average Bonchev–Trinajstić information content (AvgIpc) is 3.00. The zero-order chi connectivity index (χ0) is 30.3. The van der Waals surface area contributed by atoms with Gasteiger partial charge in [0.05, 0.1) is 16.5 Å². The van der Waals surface area contributed by atoms with Crippen molar-refractivity contribution < 1.29 is 13.2 Å². The smallest absolute Gasteiger partial charge is 0.251 e. The monoisotopic (exact) mass is 587 g/mol. The minimum absolute atomic E-state index is 0.0128. The van der Waals surface area contributed by atoms with Crippen molar-refractivity contribution in [3.05, 3.63) is 94.5 Å². The summed E-state index contributed by atoms with van der Waals surface area (Å²) >= 11 is 0. The van der Waals surface area contributed by atoms with E-state index in [1.165, 1.54) is 7.05 Å². The van der Waals surface area contributed by atoms with Crippen LogP contribution < -0.4 is 14.9 Å². The third-order valence-electron chi connectivity index (χ3n) is 8.28. The summed E-state index contributed by atoms with van der Waals surface area (Å²) in [6.07, 6.45) is 2.77. The second-order valence-electron chi connectivity index (χ2n) is 11.1. The zero-order valence-corrected chi connectivity index (χ0v) is 25.7. The molecule has 2 N–H and O–H groups in total. The van der Waals surface area contributed by atoms with Gasteiger partial charge >= 0.3 is 0 Å². The Morgan fingerprint density at radius 2 is 1.69 bits per heavy atom. The topological polar surface area (TPSA) is 106 Å². The maximum Gasteiger partial charge on any atom is 0.251 e. The molecule has 0 saturated carbocycles. The molecule has 1 unspecified atom stereocenters. The minimum Gasteiger partial charge on any atom is -0.364 e. The second-order valence-corrected chi connectivity index (χ2v) is 13.0. The Bertz CT molecular complexity index is 1500. The number of rotatable bonds is 11. The average molecular weight is 588 g/mol. The number of likely N-dealkylation sites (tertiary alicyclic amines) is 1. The van der Waals surface area contributed by atoms with E-state index in [1.807, 2.05) is 62.4 Å². The van der Waals surface area contributed by atoms with Crippen molar-refractivity contribution in [1.82, 2.24) is 14.9 Å². The molecule has 1 aliphatic rings. The van der Waals surface area contributed by atoms with Gasteiger partial charge in [0, 0.05) is 49.5 Å². The number of nitrogens with zero attached hydrogens (tertiary/aromatic N) is 3. The summed E-state index contributed by atoms with van der Waals surface area (Å²) in [5.74, 6) is -0.0128. The molecule has 0 aromatic heterocycles. The number of carbonyl (C=O) groups excluding carboxylic acids is 1. The Kier molecular flexibility index (Phi) is 10.4. The number of anilines is 1. The molecule has 0 bridgehead atoms. The summed E-state index contributed by atoms with van der Waals surface area (Å²) in [5, 5.41) is 12.5. The lowest BCUT2D eigenvalue weighted by Gasteiger charge is -2.42. The number of hydrogen-bond acceptors (Lipinski definition) is 6. The van der Waals surface area contributed by atoms with Crippen molar-refractivity contribution in [3.8, 4) is 6.07 Å². The maximum atomic E-state index is 12.8. The summed E-state index contributed by atoms with van der Waals surface area (Å²) < 4.78 is 26.9. The highest BCUT2D eigenvalue weighted by molar-refractivity contribution is 7.89. The van der Waals surface area contributed by atoms with Crippen LogP contribution in [0.15, 0.2) is 71.6 Å². The molecule has 1 heterocycles. The minimum atomic E-state index is -3.52. The Balaban J connectivity index is 1.40. The fraction of sp³-hybridized carbons (Fsp3) is 0.394. The third kappa shape index (κ3) is 7.57. The van der Waals surface area contributed by atoms with Gasteiger partial charge in [-0.25, -0.2) is 13.1 Å². The molecule has 42 heavy (non-hydrogen) atoms. The molecule has 1 aliphatic heterocycles. The van der Waals surface area contributed by atoms with E-state index in [4.69, 9.17) is 0 Å². The first kappa shape index (κ1) is 31.2. The molecule has 3 aromatic carbocycles. The van der Waals surface area contributed by atoms with Crippen molar-refractivity contribution in [2.75, 3.05) is 31.6 Å². The highest BCUT2D eigenvalue weighted by atomic mass is 32.2. The van der Waals surface area contributed by atoms with E-state index in [1.54, 1.807) is 18.2 Å². The molecule has 222 valence electrons. The molecule has 1 saturated heterocycles. The van der Waals surface area contributed by atoms with Gasteiger partial charge < -0.3 is 15.1 Å². The van der Waals surface area contributed by atoms with Crippen molar-refractivity contribution >= 4 is 21.6 Å². The van der Waals surface area contributed by atoms with Crippen molar-refractivity contribution in [3.63, 3.8) is 0 Å². The van der Waals surface area contributed by atoms with E-state index in [9.17, 15) is 18.5 Å². The quantitative estimate of drug-likeness (QED) is 0.335. The largest absolute Gasteiger partial charge is 0.364 e. The van der Waals surface area contributed by atoms with Gasteiger partial charge in [0.15, 0.2) is 0 Å². The highest BCUT2D eigenvalue weighted by Gasteiger charge is 2.28. The standard InChI is InChI=1S/C33H41N5O3S/c1-24-7-5-8-25(2)32(24)33(39)36-18-15-26(3)37-19-16-30(17-20-37)38(23-28-10-6-9-27(21-28)22-34)29-11-13-31(14-12-29)42(40,41)35-4/h5-14,21,26,30,35H,15-20,23H2,1-4H3,(H,36,39). The number of hydrogen-bond donors (Lipinski definition) is 2. The Labute approximate surface area is 250 Å². The van der Waals surface area contributed by atoms with Gasteiger partial charge in [0.1, 0.15) is 0 Å². The van der Waals surface area contributed by atoms with Crippen LogP contribution in [0.1, 0.15) is 58.8 Å². The molecule has 0 aliphatic carbocycles. The van der Waals surface area contributed by atoms with Crippen LogP contribution in [0.3, 0.4) is 0 Å². The summed E-state index contributed by atoms with van der Waals surface area (Å²) in [4.78, 5) is 17.8. The van der Waals surface area contributed by atoms with E-state index >= 15 is 0 Å². The van der Waals surface area contributed by atoms with Gasteiger partial charge in [0.25, 0.3) is 5.91 Å². The van der Waals surface area contributed by atoms with Crippen LogP contribution in [0.25, 0.3) is 0 Å². The van der Waals surface area contributed by atoms with Gasteiger partial charge in [-0.15, -0.1) is 0 Å². The number of piperidine rings is 1. The van der Waals surface area contributed by atoms with Crippen LogP contribution in [0.4, 0.5) is 5.69 Å². The zero-order valence-electron chi connectivity index (χ0n) is 24.9. The number of benzene rings is 3. The van der Waals surface area contributed by atoms with Gasteiger partial charge in [-0.2, -0.15) is 5.26 Å². The van der Waals surface area contributed by atoms with E-state index in [0.717, 1.165) is 60.3 Å². The number of carbonyl (C=O) groups is 1. The lowest BCUT2D eigenvalue weighted by atomic mass is 9.99. The molecule has 1 amide bonds. The number of sulfonamides is 1. The molecule has 0 spiro atoms. The fourth-order valence-electron chi connectivity index (χ4n) is 5.78. The Hall–Kier alpha value is -3.71. The van der Waals surface area contributed by atoms with Crippen LogP contribution in [0.5, 0.6) is 0 Å². The fourth-order valence-corrected chi connectivity index (χ4v) is 6.51. The molecule has 1 atom stereocenters. The van der Waals surface area contributed by atoms with Crippen LogP contribution in [0.2, 0.25) is 0 Å². The lowest BCUT2D eigenvalue weighted by molar-refractivity contribution is 0.0944. The summed E-state index contributed by atoms with van der Waals surface area (Å²) in [7, 11) is -2.11. The number of aryl methyl sites for hydroxylation is 2. The first-order valence-electron chi connectivity index (χ1n) is 14.5. The number of nitrogens with one attached hydrogen (secondary N) is 2. The van der Waals surface area contributed by atoms with E-state index in [2.05, 4.69) is 32.8 Å². The van der Waals surface area contributed by atoms with Crippen molar-refractivity contribution in [1.29, 1.82) is 5.26 Å². The van der Waals surface area contributed by atoms with Crippen LogP contribution in [0, 0.1) is 25.2 Å². The second kappa shape index (κ2) is 14.0. The molecule has 1 fully saturated rings. The third-order valence-corrected chi connectivity index (χ3v) is 9.71. The van der Waals surface area contributed by atoms with Crippen molar-refractivity contribution in [2.45, 2.75) is 63.6 Å². The number of nitriles is 1. The molecule has 3 aromatic rings. The van der Waals surface area contributed by atoms with Crippen LogP contribution in [-0.4, -0.2) is 58.0 Å². The molecular formula is C33H41N5O3S. The normalized spacial score (nSPS) is 15.1. The first-order valence-corrected chi connectivity index (χ1v) is 16.0. The van der Waals surface area contributed by atoms with Gasteiger partial charge in [-0.05, 0) is 100 Å². The Morgan fingerprint density at radius 3 is 2.31 bits per heavy atom. The van der Waals surface area contributed by atoms with Crippen molar-refractivity contribution in [2.24, 2.45) is 0 Å². The molecule has 8 nitrogen and oxygen atoms in total. The Morgan fingerprint density at radius 1 is 1.05 bits per heavy atom. The predicted octanol–water partition coefficient (Wildman–Crippen LogP) is 4.76. The van der Waals surface area contributed by atoms with Gasteiger partial charge in [-0.1, -0.05) is 30.3 Å². The van der Waals surface area contributed by atoms with Gasteiger partial charge in [0.2, 0.25) is 10.0 Å². The van der Waals surface area contributed by atoms with Gasteiger partial charge in [-0.3, -0.25) is 4.79 Å². The maximum absolute atomic E-state index is 12.8.